The van der Waals surface area contributed by atoms with Crippen LogP contribution in [0.5, 0.6) is 0 Å². The van der Waals surface area contributed by atoms with Crippen LogP contribution in [0.3, 0.4) is 0 Å². The van der Waals surface area contributed by atoms with Gasteiger partial charge in [0.2, 0.25) is 5.90 Å². The molecule has 0 saturated heterocycles. The monoisotopic (exact) mass is 113 g/mol. The number of nitrogens with zero attached hydrogens (tertiary/aromatic N) is 1. The van der Waals surface area contributed by atoms with Gasteiger partial charge >= 0.3 is 0 Å². The fourth-order valence-electron chi connectivity index (χ4n) is 0.376. The van der Waals surface area contributed by atoms with Gasteiger partial charge in [0.05, 0.1) is 7.11 Å². The molecule has 0 aromatic heterocycles. The van der Waals surface area contributed by atoms with Crippen LogP contribution in [0.2, 0.25) is 0 Å². The Morgan fingerprint density at radius 1 is 1.62 bits per heavy atom. The maximum atomic E-state index is 4.80. The van der Waals surface area contributed by atoms with Crippen LogP contribution in [0, 0.1) is 0 Å². The first kappa shape index (κ1) is 7.21. The third-order valence-electron chi connectivity index (χ3n) is 0.739. The maximum Gasteiger partial charge on any atom is 0.207 e. The zero-order valence-corrected chi connectivity index (χ0v) is 5.51. The molecule has 0 aliphatic rings. The first-order valence-corrected chi connectivity index (χ1v) is 2.48. The highest BCUT2D eigenvalue weighted by atomic mass is 16.5. The molecule has 0 aromatic rings. The average Bonchev–Trinajstić information content (AvgIpc) is 1.83. The topological polar surface area (TPSA) is 21.6 Å². The number of aliphatic imine (C=N–C) groups is 1. The van der Waals surface area contributed by atoms with E-state index in [9.17, 15) is 0 Å². The van der Waals surface area contributed by atoms with Crippen LogP contribution in [0.15, 0.2) is 17.1 Å². The molecule has 0 unspecified atom stereocenters. The Labute approximate surface area is 49.9 Å². The molecule has 0 aliphatic carbocycles. The number of hydrogen-bond donors (Lipinski definition) is 0. The van der Waals surface area contributed by atoms with E-state index in [-0.39, 0.29) is 0 Å². The number of methoxy groups -OCH3 is 1. The molecule has 0 saturated carbocycles. The quantitative estimate of drug-likeness (QED) is 0.370. The molecule has 8 heavy (non-hydrogen) atoms. The van der Waals surface area contributed by atoms with Gasteiger partial charge in [0, 0.05) is 7.05 Å². The van der Waals surface area contributed by atoms with E-state index in [4.69, 9.17) is 4.74 Å². The van der Waals surface area contributed by atoms with E-state index in [1.54, 1.807) is 20.2 Å². The van der Waals surface area contributed by atoms with Crippen molar-refractivity contribution in [2.24, 2.45) is 4.99 Å². The summed E-state index contributed by atoms with van der Waals surface area (Å²) in [7, 11) is 3.29. The maximum absolute atomic E-state index is 4.80. The molecule has 0 rings (SSSR count). The van der Waals surface area contributed by atoms with Crippen molar-refractivity contribution in [3.05, 3.63) is 12.2 Å². The normalized spacial score (nSPS) is 12.6. The minimum atomic E-state index is 0.660. The predicted molar refractivity (Wildman–Crippen MR) is 35.2 cm³/mol. The Morgan fingerprint density at radius 3 is 2.38 bits per heavy atom. The highest BCUT2D eigenvalue weighted by molar-refractivity contribution is 5.87. The van der Waals surface area contributed by atoms with Crippen LogP contribution in [0.25, 0.3) is 0 Å². The largest absolute Gasteiger partial charge is 0.481 e. The van der Waals surface area contributed by atoms with Crippen molar-refractivity contribution in [2.45, 2.75) is 6.92 Å². The second-order valence-corrected chi connectivity index (χ2v) is 1.27. The van der Waals surface area contributed by atoms with Crippen molar-refractivity contribution in [3.8, 4) is 0 Å². The van der Waals surface area contributed by atoms with Gasteiger partial charge in [0.25, 0.3) is 0 Å². The Morgan fingerprint density at radius 2 is 2.25 bits per heavy atom. The van der Waals surface area contributed by atoms with E-state index in [0.717, 1.165) is 0 Å². The second-order valence-electron chi connectivity index (χ2n) is 1.27. The van der Waals surface area contributed by atoms with Crippen LogP contribution >= 0.6 is 0 Å². The first-order valence-electron chi connectivity index (χ1n) is 2.48. The first-order chi connectivity index (χ1) is 3.85. The highest BCUT2D eigenvalue weighted by Crippen LogP contribution is 1.79. The lowest BCUT2D eigenvalue weighted by molar-refractivity contribution is 0.406. The van der Waals surface area contributed by atoms with Gasteiger partial charge in [0.15, 0.2) is 0 Å². The number of ether oxygens (including phenoxy) is 1. The van der Waals surface area contributed by atoms with E-state index in [1.807, 2.05) is 13.0 Å². The van der Waals surface area contributed by atoms with Gasteiger partial charge in [-0.1, -0.05) is 6.08 Å². The fraction of sp³-hybridized carbons (Fsp3) is 0.500. The zero-order valence-electron chi connectivity index (χ0n) is 5.51. The van der Waals surface area contributed by atoms with Crippen LogP contribution in [0.1, 0.15) is 6.92 Å². The molecule has 0 aliphatic heterocycles. The molecule has 2 heteroatoms. The third kappa shape index (κ3) is 2.39. The van der Waals surface area contributed by atoms with Crippen molar-refractivity contribution < 1.29 is 4.74 Å². The summed E-state index contributed by atoms with van der Waals surface area (Å²) in [5.74, 6) is 0.660. The Bertz CT molecular complexity index is 102. The van der Waals surface area contributed by atoms with Crippen molar-refractivity contribution >= 4 is 5.90 Å². The van der Waals surface area contributed by atoms with Gasteiger partial charge in [-0.3, -0.25) is 4.99 Å². The van der Waals surface area contributed by atoms with Gasteiger partial charge in [-0.2, -0.15) is 0 Å². The zero-order chi connectivity index (χ0) is 6.41. The average molecular weight is 113 g/mol. The molecule has 0 N–H and O–H groups in total. The Kier molecular flexibility index (Phi) is 3.94. The smallest absolute Gasteiger partial charge is 0.207 e. The SMILES string of the molecule is CC=CC(=NC)OC. The van der Waals surface area contributed by atoms with Crippen LogP contribution in [-0.4, -0.2) is 20.1 Å². The molecular formula is C6H11NO. The molecule has 0 bridgehead atoms. The number of hydrogen-bond acceptors (Lipinski definition) is 2. The Balaban J connectivity index is 3.72. The lowest BCUT2D eigenvalue weighted by Crippen LogP contribution is -1.94. The van der Waals surface area contributed by atoms with Gasteiger partial charge in [-0.25, -0.2) is 0 Å². The van der Waals surface area contributed by atoms with Gasteiger partial charge in [0.1, 0.15) is 0 Å². The third-order valence-corrected chi connectivity index (χ3v) is 0.739. The van der Waals surface area contributed by atoms with E-state index in [2.05, 4.69) is 4.99 Å². The minimum Gasteiger partial charge on any atom is -0.481 e. The summed E-state index contributed by atoms with van der Waals surface area (Å²) in [6.07, 6.45) is 3.69. The van der Waals surface area contributed by atoms with Crippen molar-refractivity contribution in [1.82, 2.24) is 0 Å². The molecular weight excluding hydrogens is 102 g/mol. The van der Waals surface area contributed by atoms with E-state index < -0.39 is 0 Å². The summed E-state index contributed by atoms with van der Waals surface area (Å²) in [6, 6.07) is 0. The van der Waals surface area contributed by atoms with Crippen molar-refractivity contribution in [1.29, 1.82) is 0 Å². The Hall–Kier alpha value is -0.790. The molecule has 0 spiro atoms. The standard InChI is InChI=1S/C6H11NO/c1-4-5-6(7-2)8-3/h4-5H,1-3H3. The predicted octanol–water partition coefficient (Wildman–Crippen LogP) is 1.24. The number of rotatable bonds is 1. The lowest BCUT2D eigenvalue weighted by atomic mass is 10.5. The highest BCUT2D eigenvalue weighted by Gasteiger charge is 1.82. The fourth-order valence-corrected chi connectivity index (χ4v) is 0.376. The van der Waals surface area contributed by atoms with Gasteiger partial charge in [-0.15, -0.1) is 0 Å². The van der Waals surface area contributed by atoms with Crippen LogP contribution in [0.4, 0.5) is 0 Å². The van der Waals surface area contributed by atoms with Crippen LogP contribution in [-0.2, 0) is 4.74 Å². The summed E-state index contributed by atoms with van der Waals surface area (Å²) in [5, 5.41) is 0. The lowest BCUT2D eigenvalue weighted by Gasteiger charge is -1.93. The van der Waals surface area contributed by atoms with Crippen LogP contribution < -0.4 is 0 Å². The second kappa shape index (κ2) is 4.37. The van der Waals surface area contributed by atoms with E-state index in [1.165, 1.54) is 0 Å². The summed E-state index contributed by atoms with van der Waals surface area (Å²) in [4.78, 5) is 3.80. The van der Waals surface area contributed by atoms with Crippen molar-refractivity contribution in [3.63, 3.8) is 0 Å². The summed E-state index contributed by atoms with van der Waals surface area (Å²) >= 11 is 0. The molecule has 0 aromatic carbocycles. The van der Waals surface area contributed by atoms with Crippen molar-refractivity contribution in [2.75, 3.05) is 14.2 Å². The minimum absolute atomic E-state index is 0.660. The molecule has 0 fully saturated rings. The van der Waals surface area contributed by atoms with E-state index >= 15 is 0 Å². The molecule has 0 heterocycles. The van der Waals surface area contributed by atoms with Gasteiger partial charge < -0.3 is 4.74 Å². The number of allylic oxidation sites excluding steroid dienone is 1. The van der Waals surface area contributed by atoms with E-state index in [0.29, 0.717) is 5.90 Å². The summed E-state index contributed by atoms with van der Waals surface area (Å²) in [5.41, 5.74) is 0. The summed E-state index contributed by atoms with van der Waals surface area (Å²) < 4.78 is 4.80. The molecule has 0 amide bonds. The molecule has 0 atom stereocenters. The summed E-state index contributed by atoms with van der Waals surface area (Å²) in [6.45, 7) is 1.92. The molecule has 2 nitrogen and oxygen atoms in total. The molecule has 0 radical (unpaired) electrons. The van der Waals surface area contributed by atoms with Gasteiger partial charge in [-0.05, 0) is 13.0 Å². The molecule has 46 valence electrons.